The summed E-state index contributed by atoms with van der Waals surface area (Å²) in [7, 11) is 0. The van der Waals surface area contributed by atoms with Gasteiger partial charge in [0.25, 0.3) is 0 Å². The third-order valence-electron chi connectivity index (χ3n) is 3.21. The van der Waals surface area contributed by atoms with Crippen LogP contribution in [0.2, 0.25) is 0 Å². The molecule has 1 atom stereocenters. The molecule has 0 bridgehead atoms. The van der Waals surface area contributed by atoms with E-state index < -0.39 is 6.10 Å². The lowest BCUT2D eigenvalue weighted by Gasteiger charge is -2.14. The number of nitrogens with zero attached hydrogens (tertiary/aromatic N) is 1. The Hall–Kier alpha value is -2.40. The fourth-order valence-electron chi connectivity index (χ4n) is 2.07. The Kier molecular flexibility index (Phi) is 4.34. The van der Waals surface area contributed by atoms with Gasteiger partial charge < -0.3 is 9.47 Å². The second kappa shape index (κ2) is 6.58. The lowest BCUT2D eigenvalue weighted by atomic mass is 10.1. The van der Waals surface area contributed by atoms with Gasteiger partial charge in [0.05, 0.1) is 10.4 Å². The number of benzene rings is 2. The van der Waals surface area contributed by atoms with Gasteiger partial charge in [-0.3, -0.25) is 4.98 Å². The van der Waals surface area contributed by atoms with Crippen LogP contribution in [0.4, 0.5) is 0 Å². The average molecular weight is 313 g/mol. The molecule has 0 fully saturated rings. The molecule has 2 aromatic carbocycles. The summed E-state index contributed by atoms with van der Waals surface area (Å²) in [5.74, 6) is 0.266. The molecule has 3 aromatic rings. The maximum atomic E-state index is 11.9. The first-order chi connectivity index (χ1) is 10.7. The average Bonchev–Trinajstić information content (AvgIpc) is 3.06. The summed E-state index contributed by atoms with van der Waals surface area (Å²) in [4.78, 5) is 16.8. The van der Waals surface area contributed by atoms with Crippen LogP contribution in [0.15, 0.2) is 54.2 Å². The highest BCUT2D eigenvalue weighted by Crippen LogP contribution is 2.21. The van der Waals surface area contributed by atoms with E-state index in [2.05, 4.69) is 4.98 Å². The molecule has 112 valence electrons. The number of aromatic nitrogens is 1. The van der Waals surface area contributed by atoms with Gasteiger partial charge in [-0.1, -0.05) is 30.3 Å². The molecule has 4 nitrogen and oxygen atoms in total. The molecule has 0 radical (unpaired) electrons. The normalized spacial score (nSPS) is 12.0. The molecular formula is C17H15NO3S. The van der Waals surface area contributed by atoms with Gasteiger partial charge in [0.1, 0.15) is 12.4 Å². The first-order valence-corrected chi connectivity index (χ1v) is 7.80. The van der Waals surface area contributed by atoms with Crippen molar-refractivity contribution in [2.24, 2.45) is 0 Å². The molecule has 0 unspecified atom stereocenters. The molecule has 0 aliphatic rings. The monoisotopic (exact) mass is 313 g/mol. The third kappa shape index (κ3) is 3.43. The number of esters is 1. The summed E-state index contributed by atoms with van der Waals surface area (Å²) in [6, 6.07) is 13.7. The number of thiazole rings is 1. The highest BCUT2D eigenvalue weighted by atomic mass is 32.1. The van der Waals surface area contributed by atoms with Gasteiger partial charge in [0.15, 0.2) is 6.10 Å². The Morgan fingerprint density at radius 3 is 2.82 bits per heavy atom. The zero-order chi connectivity index (χ0) is 15.4. The molecular weight excluding hydrogens is 298 g/mol. The van der Waals surface area contributed by atoms with E-state index in [9.17, 15) is 4.79 Å². The Morgan fingerprint density at radius 1 is 1.23 bits per heavy atom. The first-order valence-electron chi connectivity index (χ1n) is 6.92. The minimum absolute atomic E-state index is 0.231. The third-order valence-corrected chi connectivity index (χ3v) is 3.96. The molecule has 0 saturated carbocycles. The van der Waals surface area contributed by atoms with E-state index in [1.165, 1.54) is 11.3 Å². The number of hydrogen-bond donors (Lipinski definition) is 0. The topological polar surface area (TPSA) is 48.4 Å². The van der Waals surface area contributed by atoms with Crippen molar-refractivity contribution in [2.45, 2.75) is 19.6 Å². The Balaban J connectivity index is 1.61. The van der Waals surface area contributed by atoms with Crippen molar-refractivity contribution in [3.05, 3.63) is 59.0 Å². The minimum atomic E-state index is -0.658. The van der Waals surface area contributed by atoms with Crippen LogP contribution in [-0.4, -0.2) is 17.1 Å². The second-order valence-corrected chi connectivity index (χ2v) is 5.82. The van der Waals surface area contributed by atoms with E-state index in [1.54, 1.807) is 18.6 Å². The van der Waals surface area contributed by atoms with Crippen LogP contribution in [0, 0.1) is 0 Å². The van der Waals surface area contributed by atoms with Crippen LogP contribution in [-0.2, 0) is 16.1 Å². The van der Waals surface area contributed by atoms with E-state index in [0.717, 1.165) is 15.6 Å². The second-order valence-electron chi connectivity index (χ2n) is 4.84. The highest BCUT2D eigenvalue weighted by molar-refractivity contribution is 7.09. The summed E-state index contributed by atoms with van der Waals surface area (Å²) >= 11 is 1.45. The van der Waals surface area contributed by atoms with Crippen LogP contribution in [0.1, 0.15) is 11.8 Å². The number of carbonyl (C=O) groups is 1. The van der Waals surface area contributed by atoms with Crippen molar-refractivity contribution in [1.82, 2.24) is 4.98 Å². The number of ether oxygens (including phenoxy) is 2. The SMILES string of the molecule is C[C@H](Oc1ccc2ccccc2c1)C(=O)OCc1cncs1. The summed E-state index contributed by atoms with van der Waals surface area (Å²) in [6.45, 7) is 1.92. The van der Waals surface area contributed by atoms with Crippen LogP contribution < -0.4 is 4.74 Å². The quantitative estimate of drug-likeness (QED) is 0.672. The van der Waals surface area contributed by atoms with Crippen molar-refractivity contribution in [1.29, 1.82) is 0 Å². The molecule has 0 aliphatic heterocycles. The lowest BCUT2D eigenvalue weighted by molar-refractivity contribution is -0.152. The Bertz CT molecular complexity index is 770. The van der Waals surface area contributed by atoms with Gasteiger partial charge in [-0.2, -0.15) is 0 Å². The molecule has 1 aromatic heterocycles. The summed E-state index contributed by atoms with van der Waals surface area (Å²) < 4.78 is 10.9. The van der Waals surface area contributed by atoms with Crippen molar-refractivity contribution in [2.75, 3.05) is 0 Å². The zero-order valence-electron chi connectivity index (χ0n) is 12.1. The molecule has 5 heteroatoms. The number of carbonyl (C=O) groups excluding carboxylic acids is 1. The van der Waals surface area contributed by atoms with Crippen LogP contribution in [0.3, 0.4) is 0 Å². The Morgan fingerprint density at radius 2 is 2.05 bits per heavy atom. The van der Waals surface area contributed by atoms with Crippen molar-refractivity contribution < 1.29 is 14.3 Å². The fourth-order valence-corrected chi connectivity index (χ4v) is 2.57. The first kappa shape index (κ1) is 14.5. The molecule has 0 amide bonds. The molecule has 0 N–H and O–H groups in total. The predicted molar refractivity (Wildman–Crippen MR) is 85.9 cm³/mol. The maximum absolute atomic E-state index is 11.9. The maximum Gasteiger partial charge on any atom is 0.347 e. The fraction of sp³-hybridized carbons (Fsp3) is 0.176. The van der Waals surface area contributed by atoms with Gasteiger partial charge in [-0.05, 0) is 29.8 Å². The van der Waals surface area contributed by atoms with Crippen LogP contribution >= 0.6 is 11.3 Å². The predicted octanol–water partition coefficient (Wildman–Crippen LogP) is 3.81. The number of hydrogen-bond acceptors (Lipinski definition) is 5. The van der Waals surface area contributed by atoms with Crippen LogP contribution in [0.25, 0.3) is 10.8 Å². The van der Waals surface area contributed by atoms with Gasteiger partial charge >= 0.3 is 5.97 Å². The van der Waals surface area contributed by atoms with Gasteiger partial charge in [-0.25, -0.2) is 4.79 Å². The van der Waals surface area contributed by atoms with Gasteiger partial charge in [-0.15, -0.1) is 11.3 Å². The molecule has 3 rings (SSSR count). The number of rotatable bonds is 5. The van der Waals surface area contributed by atoms with E-state index in [0.29, 0.717) is 5.75 Å². The van der Waals surface area contributed by atoms with E-state index >= 15 is 0 Å². The molecule has 1 heterocycles. The minimum Gasteiger partial charge on any atom is -0.479 e. The summed E-state index contributed by atoms with van der Waals surface area (Å²) in [6.07, 6.45) is 1.03. The molecule has 22 heavy (non-hydrogen) atoms. The molecule has 0 aliphatic carbocycles. The molecule has 0 saturated heterocycles. The van der Waals surface area contributed by atoms with Crippen molar-refractivity contribution >= 4 is 28.1 Å². The lowest BCUT2D eigenvalue weighted by Crippen LogP contribution is -2.25. The summed E-state index contributed by atoms with van der Waals surface area (Å²) in [5, 5.41) is 2.21. The summed E-state index contributed by atoms with van der Waals surface area (Å²) in [5.41, 5.74) is 1.71. The van der Waals surface area contributed by atoms with E-state index in [-0.39, 0.29) is 12.6 Å². The van der Waals surface area contributed by atoms with Crippen molar-refractivity contribution in [3.63, 3.8) is 0 Å². The standard InChI is InChI=1S/C17H15NO3S/c1-12(17(19)20-10-16-9-18-11-22-16)21-15-7-6-13-4-2-3-5-14(13)8-15/h2-9,11-12H,10H2,1H3/t12-/m0/s1. The van der Waals surface area contributed by atoms with Gasteiger partial charge in [0, 0.05) is 6.20 Å². The zero-order valence-corrected chi connectivity index (χ0v) is 12.9. The van der Waals surface area contributed by atoms with Crippen molar-refractivity contribution in [3.8, 4) is 5.75 Å². The van der Waals surface area contributed by atoms with Crippen LogP contribution in [0.5, 0.6) is 5.75 Å². The van der Waals surface area contributed by atoms with E-state index in [4.69, 9.17) is 9.47 Å². The smallest absolute Gasteiger partial charge is 0.347 e. The van der Waals surface area contributed by atoms with Gasteiger partial charge in [0.2, 0.25) is 0 Å². The molecule has 0 spiro atoms. The number of fused-ring (bicyclic) bond motifs is 1. The Labute approximate surface area is 132 Å². The largest absolute Gasteiger partial charge is 0.479 e. The van der Waals surface area contributed by atoms with E-state index in [1.807, 2.05) is 42.5 Å². The highest BCUT2D eigenvalue weighted by Gasteiger charge is 2.16.